The number of unbranched alkanes of at least 4 members (excludes halogenated alkanes) is 1. The Morgan fingerprint density at radius 2 is 2.08 bits per heavy atom. The molecule has 0 aromatic rings. The number of hydrogen-bond donors (Lipinski definition) is 0. The second kappa shape index (κ2) is 12.4. The zero-order chi connectivity index (χ0) is 9.82. The van der Waals surface area contributed by atoms with Crippen molar-refractivity contribution in [2.45, 2.75) is 19.8 Å². The fourth-order valence-corrected chi connectivity index (χ4v) is 0.376. The Morgan fingerprint density at radius 3 is 2.42 bits per heavy atom. The van der Waals surface area contributed by atoms with Crippen molar-refractivity contribution >= 4 is 5.97 Å². The van der Waals surface area contributed by atoms with Gasteiger partial charge in [-0.3, -0.25) is 0 Å². The standard InChI is InChI=1S/C7H12O2.C3H4/c1-3-5-6-9-7(8)4-2;1-3-2/h4H,2-3,5-6H2,1H3;1-2H2. The summed E-state index contributed by atoms with van der Waals surface area (Å²) in [5, 5.41) is 0. The summed E-state index contributed by atoms with van der Waals surface area (Å²) in [6.07, 6.45) is 3.15. The Balaban J connectivity index is 0. The molecule has 68 valence electrons. The van der Waals surface area contributed by atoms with Gasteiger partial charge in [-0.15, -0.1) is 5.73 Å². The first-order valence-electron chi connectivity index (χ1n) is 3.81. The fourth-order valence-electron chi connectivity index (χ4n) is 0.376. The van der Waals surface area contributed by atoms with E-state index in [0.29, 0.717) is 6.61 Å². The van der Waals surface area contributed by atoms with Crippen molar-refractivity contribution in [1.82, 2.24) is 0 Å². The summed E-state index contributed by atoms with van der Waals surface area (Å²) in [6.45, 7) is 12.1. The molecule has 0 aliphatic rings. The van der Waals surface area contributed by atoms with Crippen LogP contribution in [0.5, 0.6) is 0 Å². The molecule has 0 atom stereocenters. The van der Waals surface area contributed by atoms with Crippen LogP contribution in [-0.4, -0.2) is 12.6 Å². The molecule has 0 fully saturated rings. The van der Waals surface area contributed by atoms with E-state index >= 15 is 0 Å². The molecule has 0 aliphatic carbocycles. The van der Waals surface area contributed by atoms with Gasteiger partial charge in [-0.1, -0.05) is 33.1 Å². The van der Waals surface area contributed by atoms with Crippen LogP contribution in [0.4, 0.5) is 0 Å². The quantitative estimate of drug-likeness (QED) is 0.279. The molecule has 0 bridgehead atoms. The van der Waals surface area contributed by atoms with E-state index in [0.717, 1.165) is 12.8 Å². The van der Waals surface area contributed by atoms with E-state index in [2.05, 4.69) is 30.2 Å². The summed E-state index contributed by atoms with van der Waals surface area (Å²) >= 11 is 0. The van der Waals surface area contributed by atoms with Crippen LogP contribution in [0.25, 0.3) is 0 Å². The third-order valence-electron chi connectivity index (χ3n) is 0.909. The summed E-state index contributed by atoms with van der Waals surface area (Å²) in [6, 6.07) is 0. The molecule has 0 aromatic carbocycles. The highest BCUT2D eigenvalue weighted by Crippen LogP contribution is 1.88. The average molecular weight is 168 g/mol. The molecule has 0 radical (unpaired) electrons. The maximum Gasteiger partial charge on any atom is 0.330 e. The minimum absolute atomic E-state index is 0.330. The van der Waals surface area contributed by atoms with Crippen LogP contribution in [0.3, 0.4) is 0 Å². The molecular weight excluding hydrogens is 152 g/mol. The minimum atomic E-state index is -0.330. The third kappa shape index (κ3) is 15.9. The molecule has 2 heteroatoms. The molecule has 0 saturated heterocycles. The number of carbonyl (C=O) groups is 1. The smallest absolute Gasteiger partial charge is 0.330 e. The van der Waals surface area contributed by atoms with E-state index in [1.54, 1.807) is 0 Å². The monoisotopic (exact) mass is 168 g/mol. The Morgan fingerprint density at radius 1 is 1.58 bits per heavy atom. The predicted molar refractivity (Wildman–Crippen MR) is 50.8 cm³/mol. The van der Waals surface area contributed by atoms with Crippen LogP contribution in [0.2, 0.25) is 0 Å². The Kier molecular flexibility index (Phi) is 13.8. The van der Waals surface area contributed by atoms with Crippen LogP contribution in [0, 0.1) is 0 Å². The lowest BCUT2D eigenvalue weighted by molar-refractivity contribution is -0.137. The molecule has 12 heavy (non-hydrogen) atoms. The molecule has 2 nitrogen and oxygen atoms in total. The molecule has 0 aromatic heterocycles. The minimum Gasteiger partial charge on any atom is -0.463 e. The lowest BCUT2D eigenvalue weighted by Crippen LogP contribution is -2.00. The van der Waals surface area contributed by atoms with Gasteiger partial charge in [-0.25, -0.2) is 4.79 Å². The highest BCUT2D eigenvalue weighted by Gasteiger charge is 1.91. The summed E-state index contributed by atoms with van der Waals surface area (Å²) in [5.41, 5.74) is 2.25. The molecule has 0 rings (SSSR count). The molecule has 0 unspecified atom stereocenters. The van der Waals surface area contributed by atoms with Gasteiger partial charge >= 0.3 is 5.97 Å². The van der Waals surface area contributed by atoms with E-state index in [-0.39, 0.29) is 5.97 Å². The number of ether oxygens (including phenoxy) is 1. The second-order valence-corrected chi connectivity index (χ2v) is 1.98. The molecule has 0 amide bonds. The van der Waals surface area contributed by atoms with Crippen molar-refractivity contribution in [1.29, 1.82) is 0 Å². The van der Waals surface area contributed by atoms with Crippen molar-refractivity contribution in [2.24, 2.45) is 0 Å². The first-order valence-corrected chi connectivity index (χ1v) is 3.81. The lowest BCUT2D eigenvalue weighted by atomic mass is 10.4. The molecule has 0 spiro atoms. The van der Waals surface area contributed by atoms with Gasteiger partial charge < -0.3 is 4.74 Å². The summed E-state index contributed by atoms with van der Waals surface area (Å²) < 4.78 is 4.67. The van der Waals surface area contributed by atoms with E-state index in [1.807, 2.05) is 6.92 Å². The van der Waals surface area contributed by atoms with E-state index in [1.165, 1.54) is 6.08 Å². The van der Waals surface area contributed by atoms with Crippen molar-refractivity contribution < 1.29 is 9.53 Å². The van der Waals surface area contributed by atoms with Crippen molar-refractivity contribution in [3.05, 3.63) is 31.5 Å². The van der Waals surface area contributed by atoms with Crippen LogP contribution in [-0.2, 0) is 9.53 Å². The summed E-state index contributed by atoms with van der Waals surface area (Å²) in [5.74, 6) is -0.330. The van der Waals surface area contributed by atoms with Crippen molar-refractivity contribution in [2.75, 3.05) is 6.61 Å². The van der Waals surface area contributed by atoms with E-state index < -0.39 is 0 Å². The molecule has 0 heterocycles. The van der Waals surface area contributed by atoms with Crippen LogP contribution < -0.4 is 0 Å². The van der Waals surface area contributed by atoms with Crippen LogP contribution in [0.1, 0.15) is 19.8 Å². The van der Waals surface area contributed by atoms with Gasteiger partial charge in [0.25, 0.3) is 0 Å². The normalized spacial score (nSPS) is 7.08. The first kappa shape index (κ1) is 13.3. The first-order chi connectivity index (χ1) is 5.72. The number of carbonyl (C=O) groups excluding carboxylic acids is 1. The van der Waals surface area contributed by atoms with Gasteiger partial charge in [-0.2, -0.15) is 0 Å². The molecule has 0 saturated carbocycles. The van der Waals surface area contributed by atoms with Gasteiger partial charge in [0.2, 0.25) is 0 Å². The summed E-state index contributed by atoms with van der Waals surface area (Å²) in [4.78, 5) is 10.3. The van der Waals surface area contributed by atoms with Gasteiger partial charge in [0.05, 0.1) is 6.61 Å². The van der Waals surface area contributed by atoms with Crippen molar-refractivity contribution in [3.8, 4) is 0 Å². The topological polar surface area (TPSA) is 26.3 Å². The van der Waals surface area contributed by atoms with E-state index in [4.69, 9.17) is 0 Å². The largest absolute Gasteiger partial charge is 0.463 e. The Labute approximate surface area is 74.2 Å². The van der Waals surface area contributed by atoms with Crippen LogP contribution in [0.15, 0.2) is 31.5 Å². The lowest BCUT2D eigenvalue weighted by Gasteiger charge is -1.97. The second-order valence-electron chi connectivity index (χ2n) is 1.98. The van der Waals surface area contributed by atoms with E-state index in [9.17, 15) is 4.79 Å². The maximum absolute atomic E-state index is 10.3. The highest BCUT2D eigenvalue weighted by atomic mass is 16.5. The maximum atomic E-state index is 10.3. The van der Waals surface area contributed by atoms with Gasteiger partial charge in [0.15, 0.2) is 0 Å². The number of rotatable bonds is 4. The van der Waals surface area contributed by atoms with Gasteiger partial charge in [0, 0.05) is 6.08 Å². The summed E-state index contributed by atoms with van der Waals surface area (Å²) in [7, 11) is 0. The predicted octanol–water partition coefficient (Wildman–Crippen LogP) is 2.47. The zero-order valence-electron chi connectivity index (χ0n) is 7.64. The van der Waals surface area contributed by atoms with Gasteiger partial charge in [-0.05, 0) is 6.42 Å². The average Bonchev–Trinajstić information content (AvgIpc) is 2.06. The van der Waals surface area contributed by atoms with Gasteiger partial charge in [0.1, 0.15) is 0 Å². The van der Waals surface area contributed by atoms with Crippen LogP contribution >= 0.6 is 0 Å². The molecule has 0 aliphatic heterocycles. The Hall–Kier alpha value is -1.27. The Bertz CT molecular complexity index is 153. The zero-order valence-corrected chi connectivity index (χ0v) is 7.64. The third-order valence-corrected chi connectivity index (χ3v) is 0.909. The number of hydrogen-bond acceptors (Lipinski definition) is 2. The highest BCUT2D eigenvalue weighted by molar-refractivity contribution is 5.81. The number of esters is 1. The molecular formula is C10H16O2. The SMILES string of the molecule is C=C=C.C=CC(=O)OCCCC. The molecule has 0 N–H and O–H groups in total. The fraction of sp³-hybridized carbons (Fsp3) is 0.400. The van der Waals surface area contributed by atoms with Crippen molar-refractivity contribution in [3.63, 3.8) is 0 Å².